The number of thioether (sulfide) groups is 1. The maximum Gasteiger partial charge on any atom is 0.310 e. The molecule has 0 amide bonds. The summed E-state index contributed by atoms with van der Waals surface area (Å²) in [6.45, 7) is 4.16. The highest BCUT2D eigenvalue weighted by molar-refractivity contribution is 8.14. The van der Waals surface area contributed by atoms with Gasteiger partial charge in [0.1, 0.15) is 5.04 Å². The standard InChI is InChI=1S/C21H27N3O2S/c1-3-26-21(25)13(2)18-12-27-20(24-18)17-11-14-7-6-10-16(19(14)23-17)22-15-8-4-5-9-15/h6-7,10-11,13,15,18,22-23H,3-5,8-9,12H2,1-2H3/t13?,18-/m0/s1. The van der Waals surface area contributed by atoms with Gasteiger partial charge in [0, 0.05) is 17.2 Å². The largest absolute Gasteiger partial charge is 0.466 e. The quantitative estimate of drug-likeness (QED) is 0.714. The number of hydrogen-bond donors (Lipinski definition) is 2. The van der Waals surface area contributed by atoms with Crippen LogP contribution in [0.2, 0.25) is 0 Å². The number of ether oxygens (including phenoxy) is 1. The smallest absolute Gasteiger partial charge is 0.310 e. The lowest BCUT2D eigenvalue weighted by molar-refractivity contribution is -0.147. The zero-order valence-electron chi connectivity index (χ0n) is 16.0. The van der Waals surface area contributed by atoms with E-state index in [1.54, 1.807) is 11.8 Å². The molecule has 6 heteroatoms. The van der Waals surface area contributed by atoms with Crippen LogP contribution in [0.15, 0.2) is 29.3 Å². The van der Waals surface area contributed by atoms with Crippen molar-refractivity contribution in [3.8, 4) is 0 Å². The Bertz CT molecular complexity index is 854. The first kappa shape index (κ1) is 18.4. The molecule has 1 aromatic heterocycles. The number of anilines is 1. The number of para-hydroxylation sites is 1. The van der Waals surface area contributed by atoms with Gasteiger partial charge in [-0.15, -0.1) is 11.8 Å². The van der Waals surface area contributed by atoms with Crippen molar-refractivity contribution >= 4 is 39.4 Å². The number of carbonyl (C=O) groups excluding carboxylic acids is 1. The third-order valence-electron chi connectivity index (χ3n) is 5.51. The molecule has 5 nitrogen and oxygen atoms in total. The normalized spacial score (nSPS) is 21.4. The van der Waals surface area contributed by atoms with E-state index in [9.17, 15) is 4.79 Å². The van der Waals surface area contributed by atoms with E-state index in [-0.39, 0.29) is 17.9 Å². The maximum absolute atomic E-state index is 12.0. The number of nitrogens with one attached hydrogen (secondary N) is 2. The average Bonchev–Trinajstić information content (AvgIpc) is 3.41. The zero-order valence-corrected chi connectivity index (χ0v) is 16.8. The molecule has 144 valence electrons. The molecule has 0 radical (unpaired) electrons. The van der Waals surface area contributed by atoms with Gasteiger partial charge >= 0.3 is 5.97 Å². The molecule has 2 aromatic rings. The Hall–Kier alpha value is -1.95. The van der Waals surface area contributed by atoms with Gasteiger partial charge in [0.2, 0.25) is 0 Å². The van der Waals surface area contributed by atoms with Gasteiger partial charge in [-0.1, -0.05) is 25.0 Å². The first-order valence-corrected chi connectivity index (χ1v) is 10.9. The lowest BCUT2D eigenvalue weighted by Gasteiger charge is -2.14. The molecule has 2 heterocycles. The molecule has 4 rings (SSSR count). The summed E-state index contributed by atoms with van der Waals surface area (Å²) in [6, 6.07) is 9.11. The minimum Gasteiger partial charge on any atom is -0.466 e. The van der Waals surface area contributed by atoms with Crippen LogP contribution in [0, 0.1) is 5.92 Å². The molecule has 0 saturated heterocycles. The molecule has 1 unspecified atom stereocenters. The summed E-state index contributed by atoms with van der Waals surface area (Å²) < 4.78 is 5.15. The number of aromatic nitrogens is 1. The van der Waals surface area contributed by atoms with Crippen molar-refractivity contribution in [2.75, 3.05) is 17.7 Å². The van der Waals surface area contributed by atoms with Crippen LogP contribution in [-0.4, -0.2) is 40.4 Å². The summed E-state index contributed by atoms with van der Waals surface area (Å²) in [5.74, 6) is 0.449. The number of rotatable bonds is 6. The number of aromatic amines is 1. The van der Waals surface area contributed by atoms with Crippen LogP contribution in [0.1, 0.15) is 45.2 Å². The summed E-state index contributed by atoms with van der Waals surface area (Å²) in [7, 11) is 0. The van der Waals surface area contributed by atoms with Gasteiger partial charge in [-0.25, -0.2) is 0 Å². The summed E-state index contributed by atoms with van der Waals surface area (Å²) in [5.41, 5.74) is 3.35. The summed E-state index contributed by atoms with van der Waals surface area (Å²) in [5, 5.41) is 5.88. The number of fused-ring (bicyclic) bond motifs is 1. The number of benzene rings is 1. The van der Waals surface area contributed by atoms with E-state index >= 15 is 0 Å². The SMILES string of the molecule is CCOC(=O)C(C)[C@@H]1CSC(c2cc3cccc(NC4CCCC4)c3[nH]2)=N1. The molecular weight excluding hydrogens is 358 g/mol. The third-order valence-corrected chi connectivity index (χ3v) is 6.62. The number of H-pyrrole nitrogens is 1. The van der Waals surface area contributed by atoms with Crippen LogP contribution in [0.5, 0.6) is 0 Å². The van der Waals surface area contributed by atoms with Gasteiger partial charge in [-0.05, 0) is 38.8 Å². The van der Waals surface area contributed by atoms with E-state index in [1.165, 1.54) is 36.8 Å². The number of esters is 1. The van der Waals surface area contributed by atoms with Crippen molar-refractivity contribution < 1.29 is 9.53 Å². The highest BCUT2D eigenvalue weighted by Gasteiger charge is 2.30. The molecule has 27 heavy (non-hydrogen) atoms. The molecule has 1 saturated carbocycles. The van der Waals surface area contributed by atoms with Gasteiger partial charge in [0.25, 0.3) is 0 Å². The minimum absolute atomic E-state index is 0.0217. The van der Waals surface area contributed by atoms with E-state index in [2.05, 4.69) is 34.6 Å². The van der Waals surface area contributed by atoms with Crippen LogP contribution in [-0.2, 0) is 9.53 Å². The molecule has 1 aliphatic carbocycles. The predicted molar refractivity (Wildman–Crippen MR) is 113 cm³/mol. The highest BCUT2D eigenvalue weighted by atomic mass is 32.2. The number of carbonyl (C=O) groups is 1. The van der Waals surface area contributed by atoms with E-state index in [4.69, 9.17) is 9.73 Å². The predicted octanol–water partition coefficient (Wildman–Crippen LogP) is 4.58. The van der Waals surface area contributed by atoms with Crippen LogP contribution in [0.4, 0.5) is 5.69 Å². The molecule has 2 atom stereocenters. The lowest BCUT2D eigenvalue weighted by atomic mass is 10.1. The highest BCUT2D eigenvalue weighted by Crippen LogP contribution is 2.32. The van der Waals surface area contributed by atoms with Gasteiger partial charge < -0.3 is 15.0 Å². The van der Waals surface area contributed by atoms with Crippen molar-refractivity contribution in [2.24, 2.45) is 10.9 Å². The summed E-state index contributed by atoms with van der Waals surface area (Å²) >= 11 is 1.71. The van der Waals surface area contributed by atoms with Crippen molar-refractivity contribution in [3.05, 3.63) is 30.0 Å². The fraction of sp³-hybridized carbons (Fsp3) is 0.524. The van der Waals surface area contributed by atoms with E-state index in [0.717, 1.165) is 22.0 Å². The van der Waals surface area contributed by atoms with Crippen molar-refractivity contribution in [2.45, 2.75) is 51.6 Å². The second-order valence-electron chi connectivity index (χ2n) is 7.43. The van der Waals surface area contributed by atoms with Crippen molar-refractivity contribution in [3.63, 3.8) is 0 Å². The summed E-state index contributed by atoms with van der Waals surface area (Å²) in [6.07, 6.45) is 5.13. The monoisotopic (exact) mass is 385 g/mol. The van der Waals surface area contributed by atoms with Gasteiger partial charge in [-0.2, -0.15) is 0 Å². The Balaban J connectivity index is 1.55. The van der Waals surface area contributed by atoms with Gasteiger partial charge in [0.05, 0.1) is 35.5 Å². The third kappa shape index (κ3) is 3.86. The number of hydrogen-bond acceptors (Lipinski definition) is 5. The number of nitrogens with zero attached hydrogens (tertiary/aromatic N) is 1. The molecule has 1 aliphatic heterocycles. The maximum atomic E-state index is 12.0. The van der Waals surface area contributed by atoms with Crippen LogP contribution in [0.3, 0.4) is 0 Å². The van der Waals surface area contributed by atoms with Crippen molar-refractivity contribution in [1.29, 1.82) is 0 Å². The summed E-state index contributed by atoms with van der Waals surface area (Å²) in [4.78, 5) is 20.4. The second-order valence-corrected chi connectivity index (χ2v) is 8.44. The second kappa shape index (κ2) is 7.97. The Morgan fingerprint density at radius 1 is 1.41 bits per heavy atom. The Morgan fingerprint density at radius 2 is 2.22 bits per heavy atom. The Morgan fingerprint density at radius 3 is 3.00 bits per heavy atom. The topological polar surface area (TPSA) is 66.5 Å². The van der Waals surface area contributed by atoms with E-state index in [0.29, 0.717) is 12.6 Å². The number of aliphatic imine (C=N–C) groups is 1. The molecule has 1 fully saturated rings. The molecule has 0 bridgehead atoms. The zero-order chi connectivity index (χ0) is 18.8. The lowest BCUT2D eigenvalue weighted by Crippen LogP contribution is -2.26. The Kier molecular flexibility index (Phi) is 5.43. The molecular formula is C21H27N3O2S. The van der Waals surface area contributed by atoms with Gasteiger partial charge in [-0.3, -0.25) is 9.79 Å². The molecule has 1 aromatic carbocycles. The van der Waals surface area contributed by atoms with E-state index in [1.807, 2.05) is 13.8 Å². The Labute approximate surface area is 164 Å². The fourth-order valence-corrected chi connectivity index (χ4v) is 5.07. The fourth-order valence-electron chi connectivity index (χ4n) is 3.91. The first-order chi connectivity index (χ1) is 13.2. The van der Waals surface area contributed by atoms with Crippen molar-refractivity contribution in [1.82, 2.24) is 4.98 Å². The van der Waals surface area contributed by atoms with Crippen LogP contribution in [0.25, 0.3) is 10.9 Å². The van der Waals surface area contributed by atoms with Gasteiger partial charge in [0.15, 0.2) is 0 Å². The van der Waals surface area contributed by atoms with E-state index < -0.39 is 0 Å². The van der Waals surface area contributed by atoms with Crippen LogP contribution >= 0.6 is 11.8 Å². The minimum atomic E-state index is -0.209. The molecule has 2 aliphatic rings. The van der Waals surface area contributed by atoms with Crippen LogP contribution < -0.4 is 5.32 Å². The molecule has 0 spiro atoms. The average molecular weight is 386 g/mol. The molecule has 2 N–H and O–H groups in total. The first-order valence-electron chi connectivity index (χ1n) is 9.91.